The van der Waals surface area contributed by atoms with E-state index >= 15 is 0 Å². The highest BCUT2D eigenvalue weighted by molar-refractivity contribution is 5.93. The third kappa shape index (κ3) is 2.46. The lowest BCUT2D eigenvalue weighted by Crippen LogP contribution is -2.37. The van der Waals surface area contributed by atoms with Crippen LogP contribution in [-0.2, 0) is 14.3 Å². The molecule has 0 bridgehead atoms. The summed E-state index contributed by atoms with van der Waals surface area (Å²) in [5.74, 6) is -0.224. The van der Waals surface area contributed by atoms with Gasteiger partial charge in [0.15, 0.2) is 5.78 Å². The molecule has 0 saturated heterocycles. The number of hydrogen-bond donors (Lipinski definition) is 0. The first-order valence-corrected chi connectivity index (χ1v) is 5.18. The van der Waals surface area contributed by atoms with E-state index in [0.29, 0.717) is 6.42 Å². The first kappa shape index (κ1) is 12.0. The van der Waals surface area contributed by atoms with Crippen LogP contribution in [0.3, 0.4) is 0 Å². The van der Waals surface area contributed by atoms with Gasteiger partial charge in [-0.25, -0.2) is 0 Å². The van der Waals surface area contributed by atoms with Crippen molar-refractivity contribution in [3.63, 3.8) is 0 Å². The molecular formula is C12H18O3. The Kier molecular flexibility index (Phi) is 3.32. The molecule has 0 amide bonds. The maximum Gasteiger partial charge on any atom is 0.305 e. The van der Waals surface area contributed by atoms with Crippen molar-refractivity contribution in [1.82, 2.24) is 0 Å². The van der Waals surface area contributed by atoms with E-state index < -0.39 is 0 Å². The van der Waals surface area contributed by atoms with Crippen molar-refractivity contribution in [2.24, 2.45) is 17.3 Å². The van der Waals surface area contributed by atoms with E-state index in [0.717, 1.165) is 0 Å². The molecule has 0 N–H and O–H groups in total. The highest BCUT2D eigenvalue weighted by Crippen LogP contribution is 2.40. The Morgan fingerprint density at radius 2 is 2.13 bits per heavy atom. The van der Waals surface area contributed by atoms with E-state index in [2.05, 4.69) is 4.74 Å². The largest absolute Gasteiger partial charge is 0.469 e. The second kappa shape index (κ2) is 4.17. The molecular weight excluding hydrogens is 192 g/mol. The summed E-state index contributed by atoms with van der Waals surface area (Å²) in [5, 5.41) is 0. The highest BCUT2D eigenvalue weighted by Gasteiger charge is 2.39. The van der Waals surface area contributed by atoms with Crippen LogP contribution in [0.15, 0.2) is 12.2 Å². The normalized spacial score (nSPS) is 28.9. The lowest BCUT2D eigenvalue weighted by Gasteiger charge is -2.37. The zero-order valence-electron chi connectivity index (χ0n) is 9.74. The molecule has 1 aliphatic carbocycles. The molecule has 15 heavy (non-hydrogen) atoms. The predicted molar refractivity (Wildman–Crippen MR) is 57.2 cm³/mol. The molecule has 0 heterocycles. The number of hydrogen-bond acceptors (Lipinski definition) is 3. The smallest absolute Gasteiger partial charge is 0.305 e. The van der Waals surface area contributed by atoms with Gasteiger partial charge in [0.05, 0.1) is 7.11 Å². The number of carbonyl (C=O) groups is 2. The molecule has 0 aliphatic heterocycles. The number of carbonyl (C=O) groups excluding carboxylic acids is 2. The first-order chi connectivity index (χ1) is 6.88. The standard InChI is InChI=1S/C12H18O3/c1-8-9(7-11(14)15-4)12(2,3)6-5-10(8)13/h5-6,8-9H,7H2,1-4H3/t8-,9-/m1/s1. The van der Waals surface area contributed by atoms with Gasteiger partial charge in [-0.1, -0.05) is 26.8 Å². The molecule has 0 aromatic rings. The summed E-state index contributed by atoms with van der Waals surface area (Å²) in [6, 6.07) is 0. The Labute approximate surface area is 90.5 Å². The monoisotopic (exact) mass is 210 g/mol. The Morgan fingerprint density at radius 1 is 1.53 bits per heavy atom. The fourth-order valence-electron chi connectivity index (χ4n) is 2.12. The second-order valence-electron chi connectivity index (χ2n) is 4.73. The van der Waals surface area contributed by atoms with Crippen LogP contribution in [0.5, 0.6) is 0 Å². The second-order valence-corrected chi connectivity index (χ2v) is 4.73. The van der Waals surface area contributed by atoms with Gasteiger partial charge in [-0.05, 0) is 17.4 Å². The molecule has 0 spiro atoms. The van der Waals surface area contributed by atoms with E-state index in [1.54, 1.807) is 6.08 Å². The molecule has 84 valence electrons. The van der Waals surface area contributed by atoms with Gasteiger partial charge >= 0.3 is 5.97 Å². The van der Waals surface area contributed by atoms with Gasteiger partial charge in [-0.2, -0.15) is 0 Å². The van der Waals surface area contributed by atoms with Gasteiger partial charge < -0.3 is 4.74 Å². The van der Waals surface area contributed by atoms with E-state index in [1.807, 2.05) is 26.8 Å². The maximum absolute atomic E-state index is 11.5. The van der Waals surface area contributed by atoms with Crippen molar-refractivity contribution < 1.29 is 14.3 Å². The average molecular weight is 210 g/mol. The molecule has 0 aromatic carbocycles. The Hall–Kier alpha value is -1.12. The van der Waals surface area contributed by atoms with Crippen molar-refractivity contribution >= 4 is 11.8 Å². The first-order valence-electron chi connectivity index (χ1n) is 5.18. The molecule has 0 fully saturated rings. The van der Waals surface area contributed by atoms with E-state index in [4.69, 9.17) is 0 Å². The van der Waals surface area contributed by atoms with Gasteiger partial charge in [0, 0.05) is 12.3 Å². The minimum Gasteiger partial charge on any atom is -0.469 e. The van der Waals surface area contributed by atoms with Crippen LogP contribution in [0.2, 0.25) is 0 Å². The van der Waals surface area contributed by atoms with Crippen molar-refractivity contribution in [3.8, 4) is 0 Å². The highest BCUT2D eigenvalue weighted by atomic mass is 16.5. The van der Waals surface area contributed by atoms with Crippen molar-refractivity contribution in [2.75, 3.05) is 7.11 Å². The van der Waals surface area contributed by atoms with Crippen LogP contribution in [-0.4, -0.2) is 18.9 Å². The predicted octanol–water partition coefficient (Wildman–Crippen LogP) is 1.97. The molecule has 0 unspecified atom stereocenters. The summed E-state index contributed by atoms with van der Waals surface area (Å²) in [6.07, 6.45) is 3.82. The molecule has 0 aromatic heterocycles. The number of allylic oxidation sites excluding steroid dienone is 2. The molecule has 1 rings (SSSR count). The molecule has 1 aliphatic rings. The Bertz CT molecular complexity index is 302. The topological polar surface area (TPSA) is 43.4 Å². The third-order valence-electron chi connectivity index (χ3n) is 3.30. The molecule has 2 atom stereocenters. The molecule has 0 saturated carbocycles. The molecule has 3 heteroatoms. The van der Waals surface area contributed by atoms with Crippen molar-refractivity contribution in [1.29, 1.82) is 0 Å². The number of methoxy groups -OCH3 is 1. The summed E-state index contributed by atoms with van der Waals surface area (Å²) in [4.78, 5) is 22.8. The maximum atomic E-state index is 11.5. The summed E-state index contributed by atoms with van der Waals surface area (Å²) in [6.45, 7) is 5.96. The summed E-state index contributed by atoms with van der Waals surface area (Å²) in [7, 11) is 1.38. The fraction of sp³-hybridized carbons (Fsp3) is 0.667. The van der Waals surface area contributed by atoms with E-state index in [-0.39, 0.29) is 29.0 Å². The Morgan fingerprint density at radius 3 is 2.67 bits per heavy atom. The lowest BCUT2D eigenvalue weighted by atomic mass is 9.66. The van der Waals surface area contributed by atoms with Gasteiger partial charge in [0.2, 0.25) is 0 Å². The van der Waals surface area contributed by atoms with Gasteiger partial charge in [-0.15, -0.1) is 0 Å². The van der Waals surface area contributed by atoms with Crippen LogP contribution in [0, 0.1) is 17.3 Å². The summed E-state index contributed by atoms with van der Waals surface area (Å²) >= 11 is 0. The minimum atomic E-state index is -0.247. The number of esters is 1. The van der Waals surface area contributed by atoms with Crippen molar-refractivity contribution in [3.05, 3.63) is 12.2 Å². The van der Waals surface area contributed by atoms with E-state index in [1.165, 1.54) is 7.11 Å². The molecule has 0 radical (unpaired) electrons. The number of rotatable bonds is 2. The number of ether oxygens (including phenoxy) is 1. The quantitative estimate of drug-likeness (QED) is 0.654. The Balaban J connectivity index is 2.88. The van der Waals surface area contributed by atoms with Gasteiger partial charge in [-0.3, -0.25) is 9.59 Å². The van der Waals surface area contributed by atoms with Crippen LogP contribution >= 0.6 is 0 Å². The van der Waals surface area contributed by atoms with Gasteiger partial charge in [0.1, 0.15) is 0 Å². The summed E-state index contributed by atoms with van der Waals surface area (Å²) < 4.78 is 4.66. The van der Waals surface area contributed by atoms with Crippen LogP contribution in [0.4, 0.5) is 0 Å². The van der Waals surface area contributed by atoms with Crippen LogP contribution < -0.4 is 0 Å². The lowest BCUT2D eigenvalue weighted by molar-refractivity contribution is -0.143. The van der Waals surface area contributed by atoms with Crippen LogP contribution in [0.1, 0.15) is 27.2 Å². The summed E-state index contributed by atoms with van der Waals surface area (Å²) in [5.41, 5.74) is -0.123. The molecule has 3 nitrogen and oxygen atoms in total. The minimum absolute atomic E-state index is 0.0300. The van der Waals surface area contributed by atoms with Crippen molar-refractivity contribution in [2.45, 2.75) is 27.2 Å². The van der Waals surface area contributed by atoms with Gasteiger partial charge in [0.25, 0.3) is 0 Å². The average Bonchev–Trinajstić information content (AvgIpc) is 2.19. The zero-order valence-corrected chi connectivity index (χ0v) is 9.74. The van der Waals surface area contributed by atoms with Crippen LogP contribution in [0.25, 0.3) is 0 Å². The van der Waals surface area contributed by atoms with E-state index in [9.17, 15) is 9.59 Å². The fourth-order valence-corrected chi connectivity index (χ4v) is 2.12. The third-order valence-corrected chi connectivity index (χ3v) is 3.30. The SMILES string of the molecule is COC(=O)C[C@@H]1[C@@H](C)C(=O)C=CC1(C)C. The number of ketones is 1. The zero-order chi connectivity index (χ0) is 11.6.